The second kappa shape index (κ2) is 10.0. The molecule has 0 heterocycles. The Balaban J connectivity index is 1.55. The average Bonchev–Trinajstić information content (AvgIpc) is 2.58. The number of hydrogen-bond acceptors (Lipinski definition) is 3. The van der Waals surface area contributed by atoms with Crippen LogP contribution >= 0.6 is 11.8 Å². The van der Waals surface area contributed by atoms with Gasteiger partial charge >= 0.3 is 0 Å². The van der Waals surface area contributed by atoms with Crippen LogP contribution in [0.5, 0.6) is 5.75 Å². The van der Waals surface area contributed by atoms with Crippen molar-refractivity contribution in [3.63, 3.8) is 0 Å². The van der Waals surface area contributed by atoms with Crippen molar-refractivity contribution in [1.29, 1.82) is 0 Å². The van der Waals surface area contributed by atoms with Gasteiger partial charge in [-0.3, -0.25) is 4.79 Å². The van der Waals surface area contributed by atoms with E-state index >= 15 is 0 Å². The third kappa shape index (κ3) is 6.67. The maximum Gasteiger partial charge on any atom is 0.220 e. The average molecular weight is 343 g/mol. The van der Waals surface area contributed by atoms with Gasteiger partial charge in [0.2, 0.25) is 5.91 Å². The van der Waals surface area contributed by atoms with Gasteiger partial charge in [-0.1, -0.05) is 48.0 Å². The molecule has 24 heavy (non-hydrogen) atoms. The number of hydrogen-bond donors (Lipinski definition) is 1. The molecule has 0 atom stereocenters. The smallest absolute Gasteiger partial charge is 0.220 e. The highest BCUT2D eigenvalue weighted by molar-refractivity contribution is 7.98. The summed E-state index contributed by atoms with van der Waals surface area (Å²) in [6.07, 6.45) is 0.543. The Hall–Kier alpha value is -1.94. The van der Waals surface area contributed by atoms with Crippen LogP contribution in [0, 0.1) is 13.8 Å². The maximum atomic E-state index is 11.8. The Bertz CT molecular complexity index is 643. The number of amides is 1. The lowest BCUT2D eigenvalue weighted by atomic mass is 10.1. The van der Waals surface area contributed by atoms with Crippen LogP contribution in [0.3, 0.4) is 0 Å². The van der Waals surface area contributed by atoms with Crippen LogP contribution in [0.25, 0.3) is 0 Å². The molecule has 1 N–H and O–H groups in total. The van der Waals surface area contributed by atoms with Crippen molar-refractivity contribution in [3.05, 3.63) is 65.2 Å². The van der Waals surface area contributed by atoms with Gasteiger partial charge in [-0.15, -0.1) is 0 Å². The molecule has 0 aliphatic carbocycles. The Morgan fingerprint density at radius 3 is 2.67 bits per heavy atom. The molecule has 2 aromatic rings. The predicted octanol–water partition coefficient (Wildman–Crippen LogP) is 4.12. The summed E-state index contributed by atoms with van der Waals surface area (Å²) in [5, 5.41) is 2.91. The van der Waals surface area contributed by atoms with Crippen LogP contribution in [0.1, 0.15) is 23.1 Å². The molecule has 0 radical (unpaired) electrons. The molecule has 2 aromatic carbocycles. The van der Waals surface area contributed by atoms with E-state index in [2.05, 4.69) is 30.4 Å². The Morgan fingerprint density at radius 2 is 1.92 bits per heavy atom. The fourth-order valence-corrected chi connectivity index (χ4v) is 3.23. The molecule has 0 saturated heterocycles. The largest absolute Gasteiger partial charge is 0.491 e. The number of carbonyl (C=O) groups excluding carboxylic acids is 1. The van der Waals surface area contributed by atoms with Crippen molar-refractivity contribution in [3.8, 4) is 5.75 Å². The molecule has 3 nitrogen and oxygen atoms in total. The quantitative estimate of drug-likeness (QED) is 0.696. The number of aryl methyl sites for hydroxylation is 2. The molecule has 0 saturated carbocycles. The number of ether oxygens (including phenoxy) is 1. The van der Waals surface area contributed by atoms with E-state index in [4.69, 9.17) is 4.74 Å². The van der Waals surface area contributed by atoms with Crippen LogP contribution < -0.4 is 10.1 Å². The summed E-state index contributed by atoms with van der Waals surface area (Å²) >= 11 is 1.78. The lowest BCUT2D eigenvalue weighted by Crippen LogP contribution is -2.28. The summed E-state index contributed by atoms with van der Waals surface area (Å²) < 4.78 is 5.71. The van der Waals surface area contributed by atoms with Crippen molar-refractivity contribution in [1.82, 2.24) is 5.32 Å². The molecule has 0 aliphatic rings. The number of rotatable bonds is 9. The SMILES string of the molecule is Cc1ccc(OCCNC(=O)CCSCc2ccccc2)c(C)c1. The summed E-state index contributed by atoms with van der Waals surface area (Å²) in [6, 6.07) is 16.4. The molecular weight excluding hydrogens is 318 g/mol. The van der Waals surface area contributed by atoms with Gasteiger partial charge in [0.25, 0.3) is 0 Å². The van der Waals surface area contributed by atoms with E-state index in [-0.39, 0.29) is 5.91 Å². The van der Waals surface area contributed by atoms with Crippen molar-refractivity contribution >= 4 is 17.7 Å². The minimum absolute atomic E-state index is 0.0831. The molecule has 0 bridgehead atoms. The molecule has 0 aromatic heterocycles. The van der Waals surface area contributed by atoms with Crippen molar-refractivity contribution in [2.45, 2.75) is 26.0 Å². The van der Waals surface area contributed by atoms with E-state index in [1.165, 1.54) is 11.1 Å². The number of thioether (sulfide) groups is 1. The standard InChI is InChI=1S/C20H25NO2S/c1-16-8-9-19(17(2)14-16)23-12-11-21-20(22)10-13-24-15-18-6-4-3-5-7-18/h3-9,14H,10-13,15H2,1-2H3,(H,21,22). The van der Waals surface area contributed by atoms with Crippen LogP contribution in [-0.2, 0) is 10.5 Å². The first-order valence-electron chi connectivity index (χ1n) is 8.23. The zero-order chi connectivity index (χ0) is 17.2. The van der Waals surface area contributed by atoms with E-state index in [1.807, 2.05) is 37.3 Å². The third-order valence-electron chi connectivity index (χ3n) is 3.60. The molecule has 2 rings (SSSR count). The van der Waals surface area contributed by atoms with Gasteiger partial charge in [-0.25, -0.2) is 0 Å². The van der Waals surface area contributed by atoms with Gasteiger partial charge in [-0.05, 0) is 31.0 Å². The highest BCUT2D eigenvalue weighted by atomic mass is 32.2. The van der Waals surface area contributed by atoms with E-state index in [0.29, 0.717) is 19.6 Å². The third-order valence-corrected chi connectivity index (χ3v) is 4.63. The van der Waals surface area contributed by atoms with Crippen molar-refractivity contribution in [2.24, 2.45) is 0 Å². The molecular formula is C20H25NO2S. The molecule has 0 aliphatic heterocycles. The van der Waals surface area contributed by atoms with Gasteiger partial charge in [0, 0.05) is 17.9 Å². The van der Waals surface area contributed by atoms with Crippen LogP contribution in [0.2, 0.25) is 0 Å². The molecule has 0 fully saturated rings. The zero-order valence-corrected chi connectivity index (χ0v) is 15.2. The van der Waals surface area contributed by atoms with Crippen LogP contribution in [0.4, 0.5) is 0 Å². The van der Waals surface area contributed by atoms with E-state index < -0.39 is 0 Å². The molecule has 128 valence electrons. The summed E-state index contributed by atoms with van der Waals surface area (Å²) in [5.41, 5.74) is 3.64. The molecule has 1 amide bonds. The number of nitrogens with one attached hydrogen (secondary N) is 1. The summed E-state index contributed by atoms with van der Waals surface area (Å²) in [7, 11) is 0. The number of benzene rings is 2. The normalized spacial score (nSPS) is 10.4. The first-order valence-corrected chi connectivity index (χ1v) is 9.39. The minimum Gasteiger partial charge on any atom is -0.491 e. The van der Waals surface area contributed by atoms with Gasteiger partial charge in [0.15, 0.2) is 0 Å². The van der Waals surface area contributed by atoms with E-state index in [9.17, 15) is 4.79 Å². The second-order valence-corrected chi connectivity index (χ2v) is 6.86. The Morgan fingerprint density at radius 1 is 1.12 bits per heavy atom. The van der Waals surface area contributed by atoms with Gasteiger partial charge < -0.3 is 10.1 Å². The van der Waals surface area contributed by atoms with E-state index in [0.717, 1.165) is 22.8 Å². The molecule has 4 heteroatoms. The Labute approximate surface area is 148 Å². The van der Waals surface area contributed by atoms with Gasteiger partial charge in [0.1, 0.15) is 12.4 Å². The zero-order valence-electron chi connectivity index (χ0n) is 14.4. The van der Waals surface area contributed by atoms with E-state index in [1.54, 1.807) is 11.8 Å². The highest BCUT2D eigenvalue weighted by Gasteiger charge is 2.03. The number of carbonyl (C=O) groups is 1. The fourth-order valence-electron chi connectivity index (χ4n) is 2.33. The lowest BCUT2D eigenvalue weighted by molar-refractivity contribution is -0.120. The van der Waals surface area contributed by atoms with Gasteiger partial charge in [0.05, 0.1) is 6.54 Å². The van der Waals surface area contributed by atoms with Crippen LogP contribution in [0.15, 0.2) is 48.5 Å². The van der Waals surface area contributed by atoms with Gasteiger partial charge in [-0.2, -0.15) is 11.8 Å². The molecule has 0 unspecified atom stereocenters. The first-order chi connectivity index (χ1) is 11.6. The summed E-state index contributed by atoms with van der Waals surface area (Å²) in [6.45, 7) is 5.12. The molecule has 0 spiro atoms. The van der Waals surface area contributed by atoms with Crippen LogP contribution in [-0.4, -0.2) is 24.8 Å². The summed E-state index contributed by atoms with van der Waals surface area (Å²) in [5.74, 6) is 2.75. The fraction of sp³-hybridized carbons (Fsp3) is 0.350. The monoisotopic (exact) mass is 343 g/mol. The topological polar surface area (TPSA) is 38.3 Å². The predicted molar refractivity (Wildman–Crippen MR) is 102 cm³/mol. The van der Waals surface area contributed by atoms with Crippen molar-refractivity contribution in [2.75, 3.05) is 18.9 Å². The van der Waals surface area contributed by atoms with Crippen molar-refractivity contribution < 1.29 is 9.53 Å². The minimum atomic E-state index is 0.0831. The first kappa shape index (κ1) is 18.4. The Kier molecular flexibility index (Phi) is 7.69. The maximum absolute atomic E-state index is 11.8. The summed E-state index contributed by atoms with van der Waals surface area (Å²) in [4.78, 5) is 11.8. The lowest BCUT2D eigenvalue weighted by Gasteiger charge is -2.10. The highest BCUT2D eigenvalue weighted by Crippen LogP contribution is 2.18. The second-order valence-electron chi connectivity index (χ2n) is 5.76.